The number of hydrogen-bond acceptors (Lipinski definition) is 4. The summed E-state index contributed by atoms with van der Waals surface area (Å²) >= 11 is 0. The van der Waals surface area contributed by atoms with Crippen LogP contribution in [0.1, 0.15) is 70.3 Å². The molecular weight excluding hydrogens is 599 g/mol. The summed E-state index contributed by atoms with van der Waals surface area (Å²) in [5.74, 6) is 3.72. The second-order valence-electron chi connectivity index (χ2n) is 13.1. The molecule has 0 spiro atoms. The highest BCUT2D eigenvalue weighted by Gasteiger charge is 2.30. The summed E-state index contributed by atoms with van der Waals surface area (Å²) in [6.45, 7) is 0. The van der Waals surface area contributed by atoms with Gasteiger partial charge in [-0.2, -0.15) is 0 Å². The average Bonchev–Trinajstić information content (AvgIpc) is 3.57. The van der Waals surface area contributed by atoms with Gasteiger partial charge in [0.05, 0.1) is 0 Å². The molecule has 0 N–H and O–H groups in total. The third-order valence-electron chi connectivity index (χ3n) is 9.95. The summed E-state index contributed by atoms with van der Waals surface area (Å²) in [5, 5.41) is 1.14. The minimum atomic E-state index is -0.0909. The van der Waals surface area contributed by atoms with Crippen molar-refractivity contribution in [3.8, 4) is 11.4 Å². The SMILES string of the molecule is C1=CCC(c2ccc(-c3nc(C4=CC=CC(c5ccccc5)C4)nc(C4C=C(c5ccccc5)c5c(oc6ccccc56)C4)n3)cc2)C=C1. The van der Waals surface area contributed by atoms with Crippen molar-refractivity contribution in [1.82, 2.24) is 15.0 Å². The monoisotopic (exact) mass is 633 g/mol. The number of rotatable bonds is 6. The zero-order valence-corrected chi connectivity index (χ0v) is 27.1. The number of allylic oxidation sites excluding steroid dienone is 9. The molecule has 0 aliphatic heterocycles. The van der Waals surface area contributed by atoms with Crippen molar-refractivity contribution in [2.75, 3.05) is 0 Å². The fraction of sp³-hybridized carbons (Fsp3) is 0.133. The molecule has 4 aromatic carbocycles. The van der Waals surface area contributed by atoms with Gasteiger partial charge in [0.2, 0.25) is 0 Å². The van der Waals surface area contributed by atoms with E-state index in [1.165, 1.54) is 16.7 Å². The van der Waals surface area contributed by atoms with Crippen LogP contribution in [-0.2, 0) is 6.42 Å². The van der Waals surface area contributed by atoms with Gasteiger partial charge < -0.3 is 4.42 Å². The van der Waals surface area contributed by atoms with E-state index < -0.39 is 0 Å². The third kappa shape index (κ3) is 5.70. The topological polar surface area (TPSA) is 51.8 Å². The van der Waals surface area contributed by atoms with Crippen LogP contribution in [0, 0.1) is 0 Å². The number of nitrogens with zero attached hydrogens (tertiary/aromatic N) is 3. The molecule has 3 unspecified atom stereocenters. The maximum Gasteiger partial charge on any atom is 0.163 e. The number of hydrogen-bond donors (Lipinski definition) is 0. The predicted molar refractivity (Wildman–Crippen MR) is 198 cm³/mol. The summed E-state index contributed by atoms with van der Waals surface area (Å²) in [4.78, 5) is 15.6. The van der Waals surface area contributed by atoms with Gasteiger partial charge in [-0.15, -0.1) is 0 Å². The Morgan fingerprint density at radius 1 is 0.571 bits per heavy atom. The Kier molecular flexibility index (Phi) is 7.55. The predicted octanol–water partition coefficient (Wildman–Crippen LogP) is 10.8. The van der Waals surface area contributed by atoms with Crippen LogP contribution < -0.4 is 0 Å². The quantitative estimate of drug-likeness (QED) is 0.183. The fourth-order valence-electron chi connectivity index (χ4n) is 7.41. The molecule has 0 fully saturated rings. The molecule has 0 radical (unpaired) electrons. The number of furan rings is 1. The Balaban J connectivity index is 1.16. The number of fused-ring (bicyclic) bond motifs is 3. The van der Waals surface area contributed by atoms with Gasteiger partial charge in [0.15, 0.2) is 11.6 Å². The van der Waals surface area contributed by atoms with Crippen LogP contribution in [0.2, 0.25) is 0 Å². The summed E-state index contributed by atoms with van der Waals surface area (Å²) in [6.07, 6.45) is 20.2. The molecule has 0 bridgehead atoms. The van der Waals surface area contributed by atoms with Gasteiger partial charge in [-0.3, -0.25) is 0 Å². The molecule has 6 aromatic rings. The number of benzene rings is 4. The molecule has 3 aliphatic carbocycles. The van der Waals surface area contributed by atoms with Crippen LogP contribution in [0.15, 0.2) is 162 Å². The van der Waals surface area contributed by atoms with Crippen LogP contribution in [0.4, 0.5) is 0 Å². The average molecular weight is 634 g/mol. The molecule has 0 amide bonds. The zero-order chi connectivity index (χ0) is 32.6. The lowest BCUT2D eigenvalue weighted by Gasteiger charge is -2.22. The van der Waals surface area contributed by atoms with Gasteiger partial charge in [0, 0.05) is 40.7 Å². The Morgan fingerprint density at radius 3 is 2.12 bits per heavy atom. The highest BCUT2D eigenvalue weighted by molar-refractivity contribution is 5.98. The van der Waals surface area contributed by atoms with Crippen LogP contribution >= 0.6 is 0 Å². The van der Waals surface area contributed by atoms with E-state index in [1.807, 2.05) is 6.07 Å². The van der Waals surface area contributed by atoms with E-state index in [1.54, 1.807) is 0 Å². The summed E-state index contributed by atoms with van der Waals surface area (Å²) < 4.78 is 6.55. The van der Waals surface area contributed by atoms with Gasteiger partial charge >= 0.3 is 0 Å². The lowest BCUT2D eigenvalue weighted by atomic mass is 9.84. The first kappa shape index (κ1) is 29.3. The summed E-state index contributed by atoms with van der Waals surface area (Å²) in [7, 11) is 0. The molecule has 9 rings (SSSR count). The second kappa shape index (κ2) is 12.6. The Hall–Kier alpha value is -5.87. The first-order valence-electron chi connectivity index (χ1n) is 17.2. The minimum Gasteiger partial charge on any atom is -0.460 e. The van der Waals surface area contributed by atoms with Crippen molar-refractivity contribution in [2.24, 2.45) is 0 Å². The second-order valence-corrected chi connectivity index (χ2v) is 13.1. The molecule has 49 heavy (non-hydrogen) atoms. The molecule has 0 saturated heterocycles. The van der Waals surface area contributed by atoms with Gasteiger partial charge in [-0.25, -0.2) is 15.0 Å². The Morgan fingerprint density at radius 2 is 1.31 bits per heavy atom. The zero-order valence-electron chi connectivity index (χ0n) is 27.1. The van der Waals surface area contributed by atoms with Crippen molar-refractivity contribution in [1.29, 1.82) is 0 Å². The normalized spacial score (nSPS) is 19.8. The van der Waals surface area contributed by atoms with Gasteiger partial charge in [0.25, 0.3) is 0 Å². The summed E-state index contributed by atoms with van der Waals surface area (Å²) in [6, 6.07) is 38.4. The van der Waals surface area contributed by atoms with E-state index in [9.17, 15) is 0 Å². The fourth-order valence-corrected chi connectivity index (χ4v) is 7.41. The first-order valence-corrected chi connectivity index (χ1v) is 17.2. The van der Waals surface area contributed by atoms with E-state index in [0.717, 1.165) is 63.5 Å². The smallest absolute Gasteiger partial charge is 0.163 e. The third-order valence-corrected chi connectivity index (χ3v) is 9.95. The standard InChI is InChI=1S/C45H35N3O/c1-4-13-30(14-5-1)32-23-25-34(26-24-32)43-46-44(36-20-12-19-35(27-36)31-15-6-2-7-16-31)48-45(47-43)37-28-39(33-17-8-3-9-18-33)42-38-21-10-11-22-40(38)49-41(42)29-37/h1-13,15-26,28,30,35,37H,14,27,29H2. The molecule has 4 heteroatoms. The first-order chi connectivity index (χ1) is 24.3. The van der Waals surface area contributed by atoms with E-state index >= 15 is 0 Å². The molecule has 2 heterocycles. The van der Waals surface area contributed by atoms with Crippen LogP contribution in [-0.4, -0.2) is 15.0 Å². The Bertz CT molecular complexity index is 2310. The van der Waals surface area contributed by atoms with Gasteiger partial charge in [-0.1, -0.05) is 152 Å². The molecule has 3 atom stereocenters. The van der Waals surface area contributed by atoms with E-state index in [2.05, 4.69) is 152 Å². The van der Waals surface area contributed by atoms with Crippen LogP contribution in [0.3, 0.4) is 0 Å². The van der Waals surface area contributed by atoms with Crippen molar-refractivity contribution in [3.05, 3.63) is 197 Å². The minimum absolute atomic E-state index is 0.0909. The maximum absolute atomic E-state index is 6.55. The van der Waals surface area contributed by atoms with Crippen molar-refractivity contribution in [2.45, 2.75) is 37.0 Å². The number of para-hydroxylation sites is 1. The lowest BCUT2D eigenvalue weighted by molar-refractivity contribution is 0.525. The largest absolute Gasteiger partial charge is 0.460 e. The molecule has 0 saturated carbocycles. The highest BCUT2D eigenvalue weighted by atomic mass is 16.3. The van der Waals surface area contributed by atoms with Crippen molar-refractivity contribution >= 4 is 22.1 Å². The van der Waals surface area contributed by atoms with E-state index in [4.69, 9.17) is 19.4 Å². The summed E-state index contributed by atoms with van der Waals surface area (Å²) in [5.41, 5.74) is 9.08. The van der Waals surface area contributed by atoms with Crippen molar-refractivity contribution < 1.29 is 4.42 Å². The van der Waals surface area contributed by atoms with Crippen molar-refractivity contribution in [3.63, 3.8) is 0 Å². The van der Waals surface area contributed by atoms with E-state index in [-0.39, 0.29) is 11.8 Å². The molecule has 4 nitrogen and oxygen atoms in total. The number of aromatic nitrogens is 3. The van der Waals surface area contributed by atoms with E-state index in [0.29, 0.717) is 18.2 Å². The van der Waals surface area contributed by atoms with Gasteiger partial charge in [-0.05, 0) is 46.7 Å². The van der Waals surface area contributed by atoms with Crippen LogP contribution in [0.5, 0.6) is 0 Å². The molecule has 236 valence electrons. The highest BCUT2D eigenvalue weighted by Crippen LogP contribution is 2.43. The molecular formula is C45H35N3O. The molecule has 3 aliphatic rings. The van der Waals surface area contributed by atoms with Crippen LogP contribution in [0.25, 0.3) is 33.5 Å². The maximum atomic E-state index is 6.55. The molecule has 2 aromatic heterocycles. The lowest BCUT2D eigenvalue weighted by Crippen LogP contribution is -2.15. The van der Waals surface area contributed by atoms with Gasteiger partial charge in [0.1, 0.15) is 17.2 Å². The Labute approximate surface area is 286 Å².